The third-order valence-corrected chi connectivity index (χ3v) is 6.31. The number of unbranched alkanes of at least 4 members (excludes halogenated alkanes) is 12. The van der Waals surface area contributed by atoms with Crippen molar-refractivity contribution in [3.63, 3.8) is 0 Å². The van der Waals surface area contributed by atoms with Crippen LogP contribution in [0.15, 0.2) is 0 Å². The first-order valence-electron chi connectivity index (χ1n) is 12.4. The number of hydrogen-bond donors (Lipinski definition) is 3. The summed E-state index contributed by atoms with van der Waals surface area (Å²) in [6.07, 6.45) is 16.8. The van der Waals surface area contributed by atoms with E-state index >= 15 is 0 Å². The van der Waals surface area contributed by atoms with Gasteiger partial charge < -0.3 is 25.2 Å². The molecule has 30 heavy (non-hydrogen) atoms. The summed E-state index contributed by atoms with van der Waals surface area (Å²) < 4.78 is 10.5. The van der Waals surface area contributed by atoms with Crippen LogP contribution in [0.4, 0.5) is 4.79 Å². The van der Waals surface area contributed by atoms with Gasteiger partial charge in [0, 0.05) is 26.7 Å². The topological polar surface area (TPSA) is 79.8 Å². The van der Waals surface area contributed by atoms with Gasteiger partial charge in [-0.2, -0.15) is 0 Å². The molecule has 4 atom stereocenters. The van der Waals surface area contributed by atoms with E-state index in [-0.39, 0.29) is 24.1 Å². The van der Waals surface area contributed by atoms with E-state index in [4.69, 9.17) is 9.47 Å². The molecule has 1 rings (SSSR count). The first kappa shape index (κ1) is 27.2. The fourth-order valence-electron chi connectivity index (χ4n) is 4.50. The maximum Gasteiger partial charge on any atom is 0.315 e. The van der Waals surface area contributed by atoms with Crippen LogP contribution in [-0.4, -0.2) is 56.8 Å². The van der Waals surface area contributed by atoms with Crippen molar-refractivity contribution in [3.8, 4) is 0 Å². The van der Waals surface area contributed by atoms with Gasteiger partial charge in [-0.3, -0.25) is 0 Å². The van der Waals surface area contributed by atoms with Crippen molar-refractivity contribution in [1.29, 1.82) is 0 Å². The van der Waals surface area contributed by atoms with E-state index < -0.39 is 6.10 Å². The maximum absolute atomic E-state index is 12.2. The van der Waals surface area contributed by atoms with E-state index in [0.29, 0.717) is 19.6 Å². The van der Waals surface area contributed by atoms with Crippen LogP contribution in [-0.2, 0) is 9.47 Å². The molecule has 3 N–H and O–H groups in total. The van der Waals surface area contributed by atoms with Crippen molar-refractivity contribution < 1.29 is 19.4 Å². The number of hydrogen-bond acceptors (Lipinski definition) is 4. The molecule has 6 heteroatoms. The summed E-state index contributed by atoms with van der Waals surface area (Å²) in [4.78, 5) is 12.2. The Hall–Kier alpha value is -0.850. The van der Waals surface area contributed by atoms with Crippen LogP contribution in [0, 0.1) is 5.92 Å². The van der Waals surface area contributed by atoms with Crippen LogP contribution in [0.5, 0.6) is 0 Å². The molecule has 0 heterocycles. The first-order valence-corrected chi connectivity index (χ1v) is 12.4. The van der Waals surface area contributed by atoms with E-state index in [1.54, 1.807) is 14.2 Å². The maximum atomic E-state index is 12.2. The van der Waals surface area contributed by atoms with Gasteiger partial charge in [-0.25, -0.2) is 4.79 Å². The van der Waals surface area contributed by atoms with Gasteiger partial charge in [0.1, 0.15) is 6.10 Å². The summed E-state index contributed by atoms with van der Waals surface area (Å²) >= 11 is 0. The lowest BCUT2D eigenvalue weighted by Gasteiger charge is -2.22. The van der Waals surface area contributed by atoms with E-state index in [1.807, 2.05) is 0 Å². The number of urea groups is 1. The van der Waals surface area contributed by atoms with Crippen LogP contribution in [0.25, 0.3) is 0 Å². The number of aliphatic hydroxyl groups excluding tert-OH is 1. The number of methoxy groups -OCH3 is 2. The van der Waals surface area contributed by atoms with Crippen molar-refractivity contribution in [1.82, 2.24) is 10.6 Å². The van der Waals surface area contributed by atoms with E-state index in [0.717, 1.165) is 12.8 Å². The zero-order valence-electron chi connectivity index (χ0n) is 19.8. The number of aliphatic hydroxyl groups is 1. The van der Waals surface area contributed by atoms with Crippen molar-refractivity contribution in [2.75, 3.05) is 27.4 Å². The van der Waals surface area contributed by atoms with Crippen LogP contribution in [0.1, 0.15) is 96.8 Å². The van der Waals surface area contributed by atoms with Crippen molar-refractivity contribution in [3.05, 3.63) is 0 Å². The second kappa shape index (κ2) is 17.8. The zero-order chi connectivity index (χ0) is 22.0. The Kier molecular flexibility index (Phi) is 16.1. The Morgan fingerprint density at radius 1 is 0.900 bits per heavy atom. The molecule has 2 amide bonds. The van der Waals surface area contributed by atoms with Gasteiger partial charge >= 0.3 is 6.03 Å². The molecule has 1 fully saturated rings. The lowest BCUT2D eigenvalue weighted by molar-refractivity contribution is -0.0278. The van der Waals surface area contributed by atoms with Gasteiger partial charge in [-0.1, -0.05) is 84.0 Å². The van der Waals surface area contributed by atoms with E-state index in [1.165, 1.54) is 70.6 Å². The highest BCUT2D eigenvalue weighted by atomic mass is 16.5. The Morgan fingerprint density at radius 3 is 1.93 bits per heavy atom. The molecule has 0 saturated heterocycles. The molecule has 0 aliphatic heterocycles. The molecular weight excluding hydrogens is 380 g/mol. The average molecular weight is 429 g/mol. The highest BCUT2D eigenvalue weighted by Gasteiger charge is 2.43. The van der Waals surface area contributed by atoms with Crippen molar-refractivity contribution in [2.45, 2.75) is 115 Å². The van der Waals surface area contributed by atoms with Crippen molar-refractivity contribution in [2.24, 2.45) is 5.92 Å². The molecule has 1 saturated carbocycles. The molecule has 1 aliphatic carbocycles. The van der Waals surface area contributed by atoms with Crippen LogP contribution in [0.2, 0.25) is 0 Å². The highest BCUT2D eigenvalue weighted by molar-refractivity contribution is 5.74. The summed E-state index contributed by atoms with van der Waals surface area (Å²) in [7, 11) is 3.20. The predicted molar refractivity (Wildman–Crippen MR) is 123 cm³/mol. The highest BCUT2D eigenvalue weighted by Crippen LogP contribution is 2.28. The number of rotatable bonds is 18. The number of carbonyl (C=O) groups excluding carboxylic acids is 1. The van der Waals surface area contributed by atoms with Gasteiger partial charge in [0.15, 0.2) is 0 Å². The molecule has 1 unspecified atom stereocenters. The van der Waals surface area contributed by atoms with Crippen LogP contribution >= 0.6 is 0 Å². The number of nitrogens with one attached hydrogen (secondary N) is 2. The molecule has 0 aromatic heterocycles. The number of amides is 2. The molecular formula is C24H48N2O4. The third-order valence-electron chi connectivity index (χ3n) is 6.31. The van der Waals surface area contributed by atoms with Gasteiger partial charge in [-0.15, -0.1) is 0 Å². The molecule has 0 aromatic rings. The Bertz CT molecular complexity index is 422. The minimum absolute atomic E-state index is 0.00805. The molecule has 178 valence electrons. The smallest absolute Gasteiger partial charge is 0.315 e. The lowest BCUT2D eigenvalue weighted by Crippen LogP contribution is -2.48. The van der Waals surface area contributed by atoms with Crippen molar-refractivity contribution >= 4 is 6.03 Å². The largest absolute Gasteiger partial charge is 0.390 e. The molecule has 1 aliphatic rings. The summed E-state index contributed by atoms with van der Waals surface area (Å²) in [6, 6.07) is -0.358. The molecule has 0 spiro atoms. The Balaban J connectivity index is 1.96. The van der Waals surface area contributed by atoms with Gasteiger partial charge in [-0.05, 0) is 12.8 Å². The Morgan fingerprint density at radius 2 is 1.43 bits per heavy atom. The van der Waals surface area contributed by atoms with Gasteiger partial charge in [0.25, 0.3) is 0 Å². The molecule has 6 nitrogen and oxygen atoms in total. The summed E-state index contributed by atoms with van der Waals surface area (Å²) in [5.41, 5.74) is 0. The van der Waals surface area contributed by atoms with Gasteiger partial charge in [0.05, 0.1) is 18.8 Å². The lowest BCUT2D eigenvalue weighted by atomic mass is 10.0. The minimum atomic E-state index is -0.610. The van der Waals surface area contributed by atoms with E-state index in [9.17, 15) is 9.90 Å². The summed E-state index contributed by atoms with van der Waals surface area (Å²) in [5, 5.41) is 16.2. The summed E-state index contributed by atoms with van der Waals surface area (Å²) in [6.45, 7) is 3.43. The fourth-order valence-corrected chi connectivity index (χ4v) is 4.50. The first-order chi connectivity index (χ1) is 14.6. The van der Waals surface area contributed by atoms with E-state index in [2.05, 4.69) is 17.6 Å². The van der Waals surface area contributed by atoms with Gasteiger partial charge in [0.2, 0.25) is 0 Å². The molecule has 0 radical (unpaired) electrons. The number of carbonyl (C=O) groups is 1. The van der Waals surface area contributed by atoms with Crippen LogP contribution < -0.4 is 10.6 Å². The fraction of sp³-hybridized carbons (Fsp3) is 0.958. The second-order valence-corrected chi connectivity index (χ2v) is 8.89. The monoisotopic (exact) mass is 428 g/mol. The SMILES string of the molecule is CCCCCCCCCCCCCCCNC(=O)N[C@@H]1C[C@H](COC)C(O)[C@@H]1OC. The average Bonchev–Trinajstić information content (AvgIpc) is 3.02. The second-order valence-electron chi connectivity index (χ2n) is 8.89. The zero-order valence-corrected chi connectivity index (χ0v) is 19.8. The third kappa shape index (κ3) is 11.5. The minimum Gasteiger partial charge on any atom is -0.390 e. The predicted octanol–water partition coefficient (Wildman–Crippen LogP) is 4.79. The standard InChI is InChI=1S/C24H48N2O4/c1-4-5-6-7-8-9-10-11-12-13-14-15-16-17-25-24(28)26-21-18-20(19-29-2)22(27)23(21)30-3/h20-23,27H,4-19H2,1-3H3,(H2,25,26,28)/t20-,21-,22?,23-/m1/s1. The summed E-state index contributed by atoms with van der Waals surface area (Å²) in [5.74, 6) is -0.00805. The number of ether oxygens (including phenoxy) is 2. The molecule has 0 bridgehead atoms. The molecule has 0 aromatic carbocycles. The Labute approximate surface area is 184 Å². The quantitative estimate of drug-likeness (QED) is 0.274. The van der Waals surface area contributed by atoms with Crippen LogP contribution in [0.3, 0.4) is 0 Å². The normalized spacial score (nSPS) is 23.6.